The molecule has 9 heteroatoms. The molecule has 0 unspecified atom stereocenters. The van der Waals surface area contributed by atoms with Crippen LogP contribution in [0.2, 0.25) is 0 Å². The molecule has 1 fully saturated rings. The van der Waals surface area contributed by atoms with Gasteiger partial charge in [-0.25, -0.2) is 5.14 Å². The summed E-state index contributed by atoms with van der Waals surface area (Å²) in [5.41, 5.74) is 6.75. The van der Waals surface area contributed by atoms with Crippen LogP contribution in [0.5, 0.6) is 5.75 Å². The van der Waals surface area contributed by atoms with E-state index < -0.39 is 10.2 Å². The van der Waals surface area contributed by atoms with Crippen molar-refractivity contribution in [2.24, 2.45) is 11.1 Å². The van der Waals surface area contributed by atoms with Crippen molar-refractivity contribution in [3.8, 4) is 5.75 Å². The fraction of sp³-hybridized carbons (Fsp3) is 0.462. The van der Waals surface area contributed by atoms with Gasteiger partial charge in [0.2, 0.25) is 5.91 Å². The van der Waals surface area contributed by atoms with Crippen LogP contribution in [-0.4, -0.2) is 38.8 Å². The summed E-state index contributed by atoms with van der Waals surface area (Å²) in [6.07, 6.45) is 0.846. The number of benzene rings is 1. The molecule has 1 aromatic carbocycles. The molecule has 5 N–H and O–H groups in total. The number of carbonyl (C=O) groups excluding carboxylic acids is 1. The highest BCUT2D eigenvalue weighted by Crippen LogP contribution is 2.26. The minimum absolute atomic E-state index is 0.186. The van der Waals surface area contributed by atoms with E-state index >= 15 is 0 Å². The third-order valence-corrected chi connectivity index (χ3v) is 4.79. The average Bonchev–Trinajstić information content (AvgIpc) is 2.48. The molecule has 1 heterocycles. The maximum Gasteiger partial charge on any atom is 0.276 e. The van der Waals surface area contributed by atoms with E-state index in [-0.39, 0.29) is 24.9 Å². The third kappa shape index (κ3) is 3.87. The van der Waals surface area contributed by atoms with E-state index in [1.165, 1.54) is 11.4 Å². The summed E-state index contributed by atoms with van der Waals surface area (Å²) in [6.45, 7) is 0.481. The number of nitrogens with two attached hydrogens (primary N) is 2. The van der Waals surface area contributed by atoms with E-state index in [1.807, 2.05) is 0 Å². The number of piperidine rings is 1. The van der Waals surface area contributed by atoms with Gasteiger partial charge in [0, 0.05) is 25.1 Å². The SMILES string of the molecule is COc1ccc(N)c(NC(=O)C2CCN(S(N)(=O)=O)CC2)c1. The van der Waals surface area contributed by atoms with Crippen molar-refractivity contribution < 1.29 is 17.9 Å². The van der Waals surface area contributed by atoms with Crippen LogP contribution >= 0.6 is 0 Å². The number of ether oxygens (including phenoxy) is 1. The van der Waals surface area contributed by atoms with Gasteiger partial charge < -0.3 is 15.8 Å². The van der Waals surface area contributed by atoms with Crippen LogP contribution in [0.15, 0.2) is 18.2 Å². The molecular formula is C13H20N4O4S. The molecule has 8 nitrogen and oxygen atoms in total. The van der Waals surface area contributed by atoms with Crippen molar-refractivity contribution in [3.05, 3.63) is 18.2 Å². The van der Waals surface area contributed by atoms with E-state index in [4.69, 9.17) is 15.6 Å². The van der Waals surface area contributed by atoms with E-state index in [9.17, 15) is 13.2 Å². The van der Waals surface area contributed by atoms with Crippen molar-refractivity contribution in [2.45, 2.75) is 12.8 Å². The molecule has 1 aromatic rings. The quantitative estimate of drug-likeness (QED) is 0.677. The van der Waals surface area contributed by atoms with Crippen molar-refractivity contribution in [2.75, 3.05) is 31.2 Å². The molecule has 0 aliphatic carbocycles. The zero-order chi connectivity index (χ0) is 16.3. The summed E-state index contributed by atoms with van der Waals surface area (Å²) in [5, 5.41) is 7.84. The topological polar surface area (TPSA) is 128 Å². The normalized spacial score (nSPS) is 17.2. The fourth-order valence-corrected chi connectivity index (χ4v) is 3.10. The first-order chi connectivity index (χ1) is 10.3. The van der Waals surface area contributed by atoms with Gasteiger partial charge in [-0.05, 0) is 25.0 Å². The van der Waals surface area contributed by atoms with Crippen LogP contribution < -0.4 is 20.9 Å². The Kier molecular flexibility index (Phi) is 4.89. The smallest absolute Gasteiger partial charge is 0.276 e. The van der Waals surface area contributed by atoms with Gasteiger partial charge in [-0.15, -0.1) is 0 Å². The minimum atomic E-state index is -3.68. The lowest BCUT2D eigenvalue weighted by atomic mass is 9.97. The molecule has 2 rings (SSSR count). The number of anilines is 2. The number of nitrogens with zero attached hydrogens (tertiary/aromatic N) is 1. The summed E-state index contributed by atoms with van der Waals surface area (Å²) in [7, 11) is -2.16. The Morgan fingerprint density at radius 3 is 2.55 bits per heavy atom. The Bertz CT molecular complexity index is 654. The second kappa shape index (κ2) is 6.51. The number of nitrogens with one attached hydrogen (secondary N) is 1. The Labute approximate surface area is 129 Å². The first kappa shape index (κ1) is 16.5. The zero-order valence-electron chi connectivity index (χ0n) is 12.3. The van der Waals surface area contributed by atoms with Crippen LogP contribution in [0.3, 0.4) is 0 Å². The first-order valence-corrected chi connectivity index (χ1v) is 8.34. The molecule has 0 aromatic heterocycles. The largest absolute Gasteiger partial charge is 0.497 e. The van der Waals surface area contributed by atoms with Crippen LogP contribution in [0.1, 0.15) is 12.8 Å². The van der Waals surface area contributed by atoms with Crippen LogP contribution in [0, 0.1) is 5.92 Å². The lowest BCUT2D eigenvalue weighted by Crippen LogP contribution is -2.44. The van der Waals surface area contributed by atoms with E-state index in [0.29, 0.717) is 30.0 Å². The fourth-order valence-electron chi connectivity index (χ4n) is 2.38. The third-order valence-electron chi connectivity index (χ3n) is 3.70. The Morgan fingerprint density at radius 1 is 1.36 bits per heavy atom. The van der Waals surface area contributed by atoms with Crippen LogP contribution in [-0.2, 0) is 15.0 Å². The van der Waals surface area contributed by atoms with Crippen molar-refractivity contribution in [1.82, 2.24) is 4.31 Å². The first-order valence-electron chi connectivity index (χ1n) is 6.83. The molecule has 0 bridgehead atoms. The second-order valence-electron chi connectivity index (χ2n) is 5.16. The highest BCUT2D eigenvalue weighted by Gasteiger charge is 2.29. The monoisotopic (exact) mass is 328 g/mol. The molecule has 1 aliphatic heterocycles. The van der Waals surface area contributed by atoms with Crippen LogP contribution in [0.4, 0.5) is 11.4 Å². The van der Waals surface area contributed by atoms with Crippen LogP contribution in [0.25, 0.3) is 0 Å². The van der Waals surface area contributed by atoms with Gasteiger partial charge >= 0.3 is 0 Å². The Hall–Kier alpha value is -1.84. The predicted molar refractivity (Wildman–Crippen MR) is 83.4 cm³/mol. The summed E-state index contributed by atoms with van der Waals surface area (Å²) >= 11 is 0. The van der Waals surface area contributed by atoms with E-state index in [0.717, 1.165) is 0 Å². The molecule has 0 saturated carbocycles. The van der Waals surface area contributed by atoms with Gasteiger partial charge in [0.1, 0.15) is 5.75 Å². The summed E-state index contributed by atoms with van der Waals surface area (Å²) in [6, 6.07) is 5.00. The highest BCUT2D eigenvalue weighted by atomic mass is 32.2. The Morgan fingerprint density at radius 2 is 2.00 bits per heavy atom. The van der Waals surface area contributed by atoms with Crippen molar-refractivity contribution >= 4 is 27.5 Å². The van der Waals surface area contributed by atoms with Crippen molar-refractivity contribution in [1.29, 1.82) is 0 Å². The van der Waals surface area contributed by atoms with Gasteiger partial charge in [0.25, 0.3) is 10.2 Å². The van der Waals surface area contributed by atoms with Gasteiger partial charge in [0.05, 0.1) is 18.5 Å². The number of carbonyl (C=O) groups is 1. The predicted octanol–water partition coefficient (Wildman–Crippen LogP) is 0.131. The number of methoxy groups -OCH3 is 1. The summed E-state index contributed by atoms with van der Waals surface area (Å²) < 4.78 is 28.8. The highest BCUT2D eigenvalue weighted by molar-refractivity contribution is 7.86. The molecule has 0 atom stereocenters. The number of rotatable bonds is 4. The maximum absolute atomic E-state index is 12.3. The van der Waals surface area contributed by atoms with Gasteiger partial charge in [0.15, 0.2) is 0 Å². The molecule has 122 valence electrons. The van der Waals surface area contributed by atoms with Gasteiger partial charge in [-0.2, -0.15) is 12.7 Å². The minimum Gasteiger partial charge on any atom is -0.497 e. The molecular weight excluding hydrogens is 308 g/mol. The molecule has 22 heavy (non-hydrogen) atoms. The van der Waals surface area contributed by atoms with E-state index in [2.05, 4.69) is 5.32 Å². The number of nitrogen functional groups attached to an aromatic ring is 1. The zero-order valence-corrected chi connectivity index (χ0v) is 13.1. The maximum atomic E-state index is 12.3. The van der Waals surface area contributed by atoms with E-state index in [1.54, 1.807) is 18.2 Å². The Balaban J connectivity index is 1.99. The summed E-state index contributed by atoms with van der Waals surface area (Å²) in [5.74, 6) is 0.131. The molecule has 1 saturated heterocycles. The molecule has 0 spiro atoms. The number of hydrogen-bond acceptors (Lipinski definition) is 5. The number of amides is 1. The average molecular weight is 328 g/mol. The van der Waals surface area contributed by atoms with Gasteiger partial charge in [-0.3, -0.25) is 4.79 Å². The number of hydrogen-bond donors (Lipinski definition) is 3. The lowest BCUT2D eigenvalue weighted by Gasteiger charge is -2.29. The molecule has 1 aliphatic rings. The summed E-state index contributed by atoms with van der Waals surface area (Å²) in [4.78, 5) is 12.3. The van der Waals surface area contributed by atoms with Crippen molar-refractivity contribution in [3.63, 3.8) is 0 Å². The second-order valence-corrected chi connectivity index (χ2v) is 6.71. The molecule has 1 amide bonds. The van der Waals surface area contributed by atoms with Gasteiger partial charge in [-0.1, -0.05) is 0 Å². The lowest BCUT2D eigenvalue weighted by molar-refractivity contribution is -0.120. The molecule has 0 radical (unpaired) electrons. The standard InChI is InChI=1S/C13H20N4O4S/c1-21-10-2-3-11(14)12(8-10)16-13(18)9-4-6-17(7-5-9)22(15,19)20/h2-3,8-9H,4-7,14H2,1H3,(H,16,18)(H2,15,19,20).